The number of benzene rings is 1. The van der Waals surface area contributed by atoms with Crippen molar-refractivity contribution in [3.63, 3.8) is 0 Å². The van der Waals surface area contributed by atoms with E-state index >= 15 is 0 Å². The Bertz CT molecular complexity index is 709. The highest BCUT2D eigenvalue weighted by atomic mass is 19.1. The maximum Gasteiger partial charge on any atom is 0.244 e. The average Bonchev–Trinajstić information content (AvgIpc) is 2.85. The molecule has 1 N–H and O–H groups in total. The molecule has 1 aromatic carbocycles. The first-order chi connectivity index (χ1) is 12.1. The molecular weight excluding hydrogens is 341 g/mol. The van der Waals surface area contributed by atoms with Crippen LogP contribution < -0.4 is 5.32 Å². The second-order valence-electron chi connectivity index (χ2n) is 7.08. The van der Waals surface area contributed by atoms with Gasteiger partial charge in [-0.05, 0) is 45.0 Å². The number of rotatable bonds is 5. The molecule has 0 bridgehead atoms. The van der Waals surface area contributed by atoms with Gasteiger partial charge in [-0.25, -0.2) is 4.39 Å². The van der Waals surface area contributed by atoms with Crippen molar-refractivity contribution in [1.82, 2.24) is 9.80 Å². The van der Waals surface area contributed by atoms with E-state index in [0.717, 1.165) is 4.90 Å². The molecular formula is C18H22FN3O4. The molecule has 1 saturated heterocycles. The van der Waals surface area contributed by atoms with Crippen molar-refractivity contribution in [1.29, 1.82) is 0 Å². The number of nitrogens with zero attached hydrogens (tertiary/aromatic N) is 2. The van der Waals surface area contributed by atoms with Gasteiger partial charge in [0.1, 0.15) is 18.9 Å². The van der Waals surface area contributed by atoms with Gasteiger partial charge in [0.15, 0.2) is 0 Å². The molecule has 140 valence electrons. The van der Waals surface area contributed by atoms with E-state index in [4.69, 9.17) is 0 Å². The highest BCUT2D eigenvalue weighted by Crippen LogP contribution is 2.17. The Morgan fingerprint density at radius 2 is 1.65 bits per heavy atom. The van der Waals surface area contributed by atoms with Crippen molar-refractivity contribution in [2.45, 2.75) is 39.2 Å². The fourth-order valence-corrected chi connectivity index (χ4v) is 2.60. The monoisotopic (exact) mass is 363 g/mol. The minimum absolute atomic E-state index is 0.104. The third kappa shape index (κ3) is 4.87. The van der Waals surface area contributed by atoms with Gasteiger partial charge in [0.2, 0.25) is 23.6 Å². The van der Waals surface area contributed by atoms with Crippen LogP contribution in [0.1, 0.15) is 33.6 Å². The molecule has 0 aliphatic carbocycles. The molecule has 7 nitrogen and oxygen atoms in total. The Kier molecular flexibility index (Phi) is 5.74. The van der Waals surface area contributed by atoms with Crippen LogP contribution in [0.2, 0.25) is 0 Å². The number of likely N-dealkylation sites (tertiary alicyclic amines) is 1. The Hall–Kier alpha value is -2.77. The normalized spacial score (nSPS) is 14.5. The van der Waals surface area contributed by atoms with E-state index in [1.54, 1.807) is 20.8 Å². The molecule has 0 aromatic heterocycles. The molecule has 8 heteroatoms. The average molecular weight is 363 g/mol. The van der Waals surface area contributed by atoms with E-state index in [0.29, 0.717) is 5.69 Å². The molecule has 1 fully saturated rings. The third-order valence-electron chi connectivity index (χ3n) is 3.99. The number of nitrogens with one attached hydrogen (secondary N) is 1. The van der Waals surface area contributed by atoms with E-state index in [1.165, 1.54) is 29.2 Å². The number of carbonyl (C=O) groups is 4. The quantitative estimate of drug-likeness (QED) is 0.804. The van der Waals surface area contributed by atoms with E-state index in [-0.39, 0.29) is 37.7 Å². The van der Waals surface area contributed by atoms with Crippen LogP contribution in [0.25, 0.3) is 0 Å². The van der Waals surface area contributed by atoms with Crippen LogP contribution in [0, 0.1) is 5.82 Å². The molecule has 0 saturated carbocycles. The number of anilines is 1. The molecule has 0 spiro atoms. The van der Waals surface area contributed by atoms with Gasteiger partial charge in [-0.2, -0.15) is 0 Å². The van der Waals surface area contributed by atoms with E-state index in [9.17, 15) is 23.6 Å². The lowest BCUT2D eigenvalue weighted by atomic mass is 10.1. The zero-order valence-electron chi connectivity index (χ0n) is 15.0. The summed E-state index contributed by atoms with van der Waals surface area (Å²) in [4.78, 5) is 50.6. The molecule has 26 heavy (non-hydrogen) atoms. The van der Waals surface area contributed by atoms with Crippen LogP contribution in [0.5, 0.6) is 0 Å². The molecule has 0 atom stereocenters. The fourth-order valence-electron chi connectivity index (χ4n) is 2.60. The lowest BCUT2D eigenvalue weighted by Gasteiger charge is -2.36. The SMILES string of the molecule is CC(C)(C)N(CC(=O)Nc1ccc(F)cc1)C(=O)CN1C(=O)CCC1=O. The molecule has 2 rings (SSSR count). The summed E-state index contributed by atoms with van der Waals surface area (Å²) in [5.41, 5.74) is -0.286. The Labute approximate surface area is 151 Å². The van der Waals surface area contributed by atoms with E-state index < -0.39 is 23.2 Å². The predicted octanol–water partition coefficient (Wildman–Crippen LogP) is 1.54. The molecule has 1 aliphatic heterocycles. The van der Waals surface area contributed by atoms with Crippen molar-refractivity contribution < 1.29 is 23.6 Å². The first-order valence-electron chi connectivity index (χ1n) is 8.27. The summed E-state index contributed by atoms with van der Waals surface area (Å²) in [5, 5.41) is 2.59. The smallest absolute Gasteiger partial charge is 0.244 e. The second-order valence-corrected chi connectivity index (χ2v) is 7.08. The molecule has 1 aromatic rings. The first-order valence-corrected chi connectivity index (χ1v) is 8.27. The summed E-state index contributed by atoms with van der Waals surface area (Å²) in [6.07, 6.45) is 0.208. The summed E-state index contributed by atoms with van der Waals surface area (Å²) in [7, 11) is 0. The van der Waals surface area contributed by atoms with Crippen molar-refractivity contribution in [2.24, 2.45) is 0 Å². The van der Waals surface area contributed by atoms with Crippen molar-refractivity contribution in [3.8, 4) is 0 Å². The van der Waals surface area contributed by atoms with Gasteiger partial charge in [0, 0.05) is 24.1 Å². The Morgan fingerprint density at radius 1 is 1.12 bits per heavy atom. The number of carbonyl (C=O) groups excluding carboxylic acids is 4. The Morgan fingerprint density at radius 3 is 2.15 bits per heavy atom. The lowest BCUT2D eigenvalue weighted by molar-refractivity contribution is -0.148. The molecule has 0 radical (unpaired) electrons. The van der Waals surface area contributed by atoms with Gasteiger partial charge in [-0.15, -0.1) is 0 Å². The maximum atomic E-state index is 12.9. The van der Waals surface area contributed by atoms with Crippen LogP contribution in [0.15, 0.2) is 24.3 Å². The van der Waals surface area contributed by atoms with E-state index in [2.05, 4.69) is 5.32 Å². The molecule has 4 amide bonds. The van der Waals surface area contributed by atoms with Gasteiger partial charge in [0.25, 0.3) is 0 Å². The fraction of sp³-hybridized carbons (Fsp3) is 0.444. The highest BCUT2D eigenvalue weighted by molar-refractivity contribution is 6.05. The molecule has 1 aliphatic rings. The van der Waals surface area contributed by atoms with Crippen LogP contribution in [-0.4, -0.2) is 52.1 Å². The maximum absolute atomic E-state index is 12.9. The number of hydrogen-bond donors (Lipinski definition) is 1. The molecule has 1 heterocycles. The number of hydrogen-bond acceptors (Lipinski definition) is 4. The second kappa shape index (κ2) is 7.63. The van der Waals surface area contributed by atoms with Gasteiger partial charge in [-0.1, -0.05) is 0 Å². The standard InChI is InChI=1S/C18H22FN3O4/c1-18(2,3)22(17(26)11-21-15(24)8-9-16(21)25)10-14(23)20-13-6-4-12(19)5-7-13/h4-7H,8-11H2,1-3H3,(H,20,23). The van der Waals surface area contributed by atoms with Crippen molar-refractivity contribution in [2.75, 3.05) is 18.4 Å². The summed E-state index contributed by atoms with van der Waals surface area (Å²) >= 11 is 0. The van der Waals surface area contributed by atoms with Crippen LogP contribution in [0.3, 0.4) is 0 Å². The Balaban J connectivity index is 2.05. The number of imide groups is 1. The van der Waals surface area contributed by atoms with Gasteiger partial charge in [-0.3, -0.25) is 24.1 Å². The summed E-state index contributed by atoms with van der Waals surface area (Å²) in [5.74, 6) is -2.13. The lowest BCUT2D eigenvalue weighted by Crippen LogP contribution is -2.53. The van der Waals surface area contributed by atoms with Crippen molar-refractivity contribution >= 4 is 29.3 Å². The predicted molar refractivity (Wildman–Crippen MR) is 92.4 cm³/mol. The van der Waals surface area contributed by atoms with Crippen LogP contribution >= 0.6 is 0 Å². The van der Waals surface area contributed by atoms with Gasteiger partial charge < -0.3 is 10.2 Å². The summed E-state index contributed by atoms with van der Waals surface area (Å²) in [6.45, 7) is 4.63. The van der Waals surface area contributed by atoms with Gasteiger partial charge >= 0.3 is 0 Å². The first kappa shape index (κ1) is 19.6. The zero-order chi connectivity index (χ0) is 19.5. The summed E-state index contributed by atoms with van der Waals surface area (Å²) in [6, 6.07) is 5.26. The van der Waals surface area contributed by atoms with Crippen LogP contribution in [0.4, 0.5) is 10.1 Å². The zero-order valence-corrected chi connectivity index (χ0v) is 15.0. The van der Waals surface area contributed by atoms with Gasteiger partial charge in [0.05, 0.1) is 0 Å². The van der Waals surface area contributed by atoms with Crippen LogP contribution in [-0.2, 0) is 19.2 Å². The minimum Gasteiger partial charge on any atom is -0.327 e. The number of halogens is 1. The van der Waals surface area contributed by atoms with Crippen molar-refractivity contribution in [3.05, 3.63) is 30.1 Å². The topological polar surface area (TPSA) is 86.8 Å². The minimum atomic E-state index is -0.691. The molecule has 0 unspecified atom stereocenters. The number of amides is 4. The third-order valence-corrected chi connectivity index (χ3v) is 3.99. The van der Waals surface area contributed by atoms with E-state index in [1.807, 2.05) is 0 Å². The highest BCUT2D eigenvalue weighted by Gasteiger charge is 2.35. The largest absolute Gasteiger partial charge is 0.327 e. The summed E-state index contributed by atoms with van der Waals surface area (Å²) < 4.78 is 12.9.